The van der Waals surface area contributed by atoms with Crippen LogP contribution in [0.4, 0.5) is 5.69 Å². The number of nitrogens with two attached hydrogens (primary N) is 1. The molecule has 0 aliphatic heterocycles. The van der Waals surface area contributed by atoms with Crippen molar-refractivity contribution in [2.45, 2.75) is 4.90 Å². The first-order valence-corrected chi connectivity index (χ1v) is 7.99. The number of para-hydroxylation sites is 1. The molecule has 0 aliphatic carbocycles. The molecule has 108 valence electrons. The van der Waals surface area contributed by atoms with Gasteiger partial charge in [0.25, 0.3) is 0 Å². The predicted molar refractivity (Wildman–Crippen MR) is 92.9 cm³/mol. The third kappa shape index (κ3) is 2.96. The maximum absolute atomic E-state index is 5.90. The molecule has 0 fully saturated rings. The van der Waals surface area contributed by atoms with Gasteiger partial charge in [-0.15, -0.1) is 11.8 Å². The van der Waals surface area contributed by atoms with E-state index in [0.29, 0.717) is 0 Å². The fraction of sp³-hybridized carbons (Fsp3) is 0.235. The normalized spacial score (nSPS) is 11.6. The largest absolute Gasteiger partial charge is 0.399 e. The third-order valence-electron chi connectivity index (χ3n) is 3.44. The average Bonchev–Trinajstić information content (AvgIpc) is 2.46. The summed E-state index contributed by atoms with van der Waals surface area (Å²) in [6, 6.07) is 14.3. The Morgan fingerprint density at radius 3 is 2.62 bits per heavy atom. The van der Waals surface area contributed by atoms with E-state index < -0.39 is 0 Å². The molecule has 2 aromatic carbocycles. The number of hydrogen-bond acceptors (Lipinski definition) is 4. The minimum absolute atomic E-state index is 0.759. The molecule has 0 atom stereocenters. The molecule has 1 aromatic heterocycles. The molecule has 0 amide bonds. The van der Waals surface area contributed by atoms with Crippen molar-refractivity contribution < 1.29 is 0 Å². The van der Waals surface area contributed by atoms with Gasteiger partial charge in [-0.1, -0.05) is 18.2 Å². The summed E-state index contributed by atoms with van der Waals surface area (Å²) in [5, 5.41) is 2.41. The van der Waals surface area contributed by atoms with Crippen molar-refractivity contribution in [1.82, 2.24) is 9.88 Å². The summed E-state index contributed by atoms with van der Waals surface area (Å²) in [4.78, 5) is 8.25. The van der Waals surface area contributed by atoms with Crippen LogP contribution in [0.2, 0.25) is 0 Å². The Morgan fingerprint density at radius 2 is 1.81 bits per heavy atom. The van der Waals surface area contributed by atoms with Crippen molar-refractivity contribution in [3.8, 4) is 0 Å². The standard InChI is InChI=1S/C17H19N3S/c1-20(2)9-10-21-17-13-5-3-4-6-15(13)19-16-11-12(18)7-8-14(16)17/h3-8,11H,9-10,18H2,1-2H3. The molecule has 0 saturated carbocycles. The zero-order chi connectivity index (χ0) is 14.8. The topological polar surface area (TPSA) is 42.2 Å². The van der Waals surface area contributed by atoms with Crippen molar-refractivity contribution in [3.63, 3.8) is 0 Å². The zero-order valence-corrected chi connectivity index (χ0v) is 13.2. The van der Waals surface area contributed by atoms with Gasteiger partial charge in [-0.2, -0.15) is 0 Å². The molecule has 4 heteroatoms. The van der Waals surface area contributed by atoms with E-state index in [2.05, 4.69) is 43.3 Å². The van der Waals surface area contributed by atoms with Gasteiger partial charge >= 0.3 is 0 Å². The highest BCUT2D eigenvalue weighted by Crippen LogP contribution is 2.34. The highest BCUT2D eigenvalue weighted by molar-refractivity contribution is 7.99. The SMILES string of the molecule is CN(C)CCSc1c2ccccc2nc2cc(N)ccc12. The van der Waals surface area contributed by atoms with E-state index >= 15 is 0 Å². The Hall–Kier alpha value is -1.78. The lowest BCUT2D eigenvalue weighted by atomic mass is 10.1. The fourth-order valence-corrected chi connectivity index (χ4v) is 3.67. The second-order valence-electron chi connectivity index (χ2n) is 5.39. The van der Waals surface area contributed by atoms with Crippen molar-refractivity contribution in [2.24, 2.45) is 0 Å². The number of anilines is 1. The van der Waals surface area contributed by atoms with E-state index in [0.717, 1.165) is 29.0 Å². The number of fused-ring (bicyclic) bond motifs is 2. The summed E-state index contributed by atoms with van der Waals surface area (Å²) in [5.74, 6) is 1.06. The Balaban J connectivity index is 2.15. The van der Waals surface area contributed by atoms with Gasteiger partial charge in [0.15, 0.2) is 0 Å². The smallest absolute Gasteiger partial charge is 0.0741 e. The van der Waals surface area contributed by atoms with Gasteiger partial charge in [0.2, 0.25) is 0 Å². The minimum atomic E-state index is 0.759. The van der Waals surface area contributed by atoms with Gasteiger partial charge in [-0.25, -0.2) is 4.98 Å². The number of benzene rings is 2. The van der Waals surface area contributed by atoms with Crippen LogP contribution >= 0.6 is 11.8 Å². The number of rotatable bonds is 4. The molecule has 0 radical (unpaired) electrons. The highest BCUT2D eigenvalue weighted by atomic mass is 32.2. The van der Waals surface area contributed by atoms with Crippen LogP contribution in [0.25, 0.3) is 21.8 Å². The van der Waals surface area contributed by atoms with E-state index in [-0.39, 0.29) is 0 Å². The van der Waals surface area contributed by atoms with E-state index in [1.807, 2.05) is 30.0 Å². The van der Waals surface area contributed by atoms with E-state index in [4.69, 9.17) is 10.7 Å². The molecular formula is C17H19N3S. The molecule has 0 saturated heterocycles. The van der Waals surface area contributed by atoms with E-state index in [1.165, 1.54) is 15.7 Å². The van der Waals surface area contributed by atoms with Crippen LogP contribution in [-0.2, 0) is 0 Å². The number of hydrogen-bond donors (Lipinski definition) is 1. The lowest BCUT2D eigenvalue weighted by Crippen LogP contribution is -2.14. The second-order valence-corrected chi connectivity index (χ2v) is 6.49. The highest BCUT2D eigenvalue weighted by Gasteiger charge is 2.09. The molecule has 3 nitrogen and oxygen atoms in total. The maximum atomic E-state index is 5.90. The monoisotopic (exact) mass is 297 g/mol. The first-order chi connectivity index (χ1) is 10.1. The molecule has 0 spiro atoms. The number of nitrogen functional groups attached to an aromatic ring is 1. The van der Waals surface area contributed by atoms with Crippen LogP contribution in [-0.4, -0.2) is 36.3 Å². The number of nitrogens with zero attached hydrogens (tertiary/aromatic N) is 2. The Bertz CT molecular complexity index is 783. The average molecular weight is 297 g/mol. The summed E-state index contributed by atoms with van der Waals surface area (Å²) in [6.45, 7) is 1.05. The van der Waals surface area contributed by atoms with Crippen LogP contribution in [0.3, 0.4) is 0 Å². The Morgan fingerprint density at radius 1 is 1.05 bits per heavy atom. The van der Waals surface area contributed by atoms with Crippen molar-refractivity contribution in [1.29, 1.82) is 0 Å². The predicted octanol–water partition coefficient (Wildman–Crippen LogP) is 3.62. The summed E-state index contributed by atoms with van der Waals surface area (Å²) in [6.07, 6.45) is 0. The first kappa shape index (κ1) is 14.2. The number of aromatic nitrogens is 1. The van der Waals surface area contributed by atoms with Crippen molar-refractivity contribution in [2.75, 3.05) is 32.1 Å². The molecule has 21 heavy (non-hydrogen) atoms. The van der Waals surface area contributed by atoms with Gasteiger partial charge in [0, 0.05) is 33.7 Å². The second kappa shape index (κ2) is 5.92. The van der Waals surface area contributed by atoms with Crippen LogP contribution in [0, 0.1) is 0 Å². The fourth-order valence-electron chi connectivity index (χ4n) is 2.36. The van der Waals surface area contributed by atoms with Gasteiger partial charge < -0.3 is 10.6 Å². The van der Waals surface area contributed by atoms with E-state index in [9.17, 15) is 0 Å². The third-order valence-corrected chi connectivity index (χ3v) is 4.56. The molecule has 0 aliphatic rings. The molecule has 0 unspecified atom stereocenters. The Labute approximate surface area is 129 Å². The molecule has 0 bridgehead atoms. The summed E-state index contributed by atoms with van der Waals surface area (Å²) in [7, 11) is 4.20. The lowest BCUT2D eigenvalue weighted by molar-refractivity contribution is 0.437. The van der Waals surface area contributed by atoms with Gasteiger partial charge in [-0.3, -0.25) is 0 Å². The number of thioether (sulfide) groups is 1. The van der Waals surface area contributed by atoms with Crippen LogP contribution < -0.4 is 5.73 Å². The van der Waals surface area contributed by atoms with Crippen LogP contribution in [0.15, 0.2) is 47.4 Å². The Kier molecular flexibility index (Phi) is 3.99. The van der Waals surface area contributed by atoms with Gasteiger partial charge in [0.05, 0.1) is 11.0 Å². The van der Waals surface area contributed by atoms with Crippen LogP contribution in [0.1, 0.15) is 0 Å². The van der Waals surface area contributed by atoms with Gasteiger partial charge in [0.1, 0.15) is 0 Å². The first-order valence-electron chi connectivity index (χ1n) is 7.00. The quantitative estimate of drug-likeness (QED) is 0.454. The zero-order valence-electron chi connectivity index (χ0n) is 12.3. The minimum Gasteiger partial charge on any atom is -0.399 e. The van der Waals surface area contributed by atoms with Gasteiger partial charge in [-0.05, 0) is 38.4 Å². The van der Waals surface area contributed by atoms with Crippen LogP contribution in [0.5, 0.6) is 0 Å². The molecule has 3 rings (SSSR count). The molecule has 3 aromatic rings. The molecule has 2 N–H and O–H groups in total. The maximum Gasteiger partial charge on any atom is 0.0741 e. The van der Waals surface area contributed by atoms with Crippen molar-refractivity contribution in [3.05, 3.63) is 42.5 Å². The number of pyridine rings is 1. The summed E-state index contributed by atoms with van der Waals surface area (Å²) < 4.78 is 0. The summed E-state index contributed by atoms with van der Waals surface area (Å²) >= 11 is 1.89. The summed E-state index contributed by atoms with van der Waals surface area (Å²) in [5.41, 5.74) is 8.67. The molecule has 1 heterocycles. The van der Waals surface area contributed by atoms with E-state index in [1.54, 1.807) is 0 Å². The molecular weight excluding hydrogens is 278 g/mol. The van der Waals surface area contributed by atoms with Crippen molar-refractivity contribution >= 4 is 39.3 Å². The lowest BCUT2D eigenvalue weighted by Gasteiger charge is -2.13.